The largest absolute Gasteiger partial charge is 0.439 e. The normalized spacial score (nSPS) is 11.9. The number of carbonyl (C=O) groups is 1. The zero-order valence-corrected chi connectivity index (χ0v) is 14.8. The van der Waals surface area contributed by atoms with Crippen molar-refractivity contribution in [1.29, 1.82) is 0 Å². The molecule has 3 aromatic rings. The lowest BCUT2D eigenvalue weighted by molar-refractivity contribution is -0.117. The van der Waals surface area contributed by atoms with E-state index in [2.05, 4.69) is 10.3 Å². The minimum Gasteiger partial charge on any atom is -0.439 e. The Morgan fingerprint density at radius 3 is 2.67 bits per heavy atom. The highest BCUT2D eigenvalue weighted by Gasteiger charge is 2.09. The molecule has 1 amide bonds. The molecule has 0 aliphatic rings. The van der Waals surface area contributed by atoms with Crippen LogP contribution < -0.4 is 10.1 Å². The van der Waals surface area contributed by atoms with Crippen molar-refractivity contribution in [2.45, 2.75) is 13.0 Å². The number of rotatable bonds is 6. The third-order valence-electron chi connectivity index (χ3n) is 3.87. The monoisotopic (exact) mass is 362 g/mol. The van der Waals surface area contributed by atoms with Crippen LogP contribution >= 0.6 is 0 Å². The number of nitrogens with one attached hydrogen (secondary N) is 1. The molecule has 0 saturated heterocycles. The molecule has 1 heterocycles. The van der Waals surface area contributed by atoms with Gasteiger partial charge in [0.15, 0.2) is 0 Å². The van der Waals surface area contributed by atoms with Crippen LogP contribution in [0.3, 0.4) is 0 Å². The van der Waals surface area contributed by atoms with Crippen LogP contribution in [0, 0.1) is 5.82 Å². The van der Waals surface area contributed by atoms with Gasteiger partial charge in [-0.3, -0.25) is 4.79 Å². The fourth-order valence-electron chi connectivity index (χ4n) is 2.47. The number of amides is 1. The van der Waals surface area contributed by atoms with Crippen molar-refractivity contribution in [3.63, 3.8) is 0 Å². The molecule has 2 aromatic carbocycles. The summed E-state index contributed by atoms with van der Waals surface area (Å²) in [7, 11) is 0. The van der Waals surface area contributed by atoms with E-state index in [4.69, 9.17) is 4.74 Å². The maximum absolute atomic E-state index is 12.9. The third-order valence-corrected chi connectivity index (χ3v) is 3.87. The van der Waals surface area contributed by atoms with Gasteiger partial charge in [-0.15, -0.1) is 0 Å². The molecule has 27 heavy (non-hydrogen) atoms. The van der Waals surface area contributed by atoms with E-state index in [-0.39, 0.29) is 17.8 Å². The Kier molecular flexibility index (Phi) is 5.94. The molecule has 1 atom stereocenters. The smallest absolute Gasteiger partial charge is 0.244 e. The minimum absolute atomic E-state index is 0.206. The molecule has 1 unspecified atom stereocenters. The van der Waals surface area contributed by atoms with Crippen LogP contribution in [0.1, 0.15) is 24.1 Å². The first-order chi connectivity index (χ1) is 13.1. The van der Waals surface area contributed by atoms with Gasteiger partial charge in [0.2, 0.25) is 11.8 Å². The first kappa shape index (κ1) is 18.3. The summed E-state index contributed by atoms with van der Waals surface area (Å²) in [6, 6.07) is 18.7. The molecule has 0 aliphatic heterocycles. The predicted molar refractivity (Wildman–Crippen MR) is 103 cm³/mol. The number of carbonyl (C=O) groups excluding carboxylic acids is 1. The van der Waals surface area contributed by atoms with Gasteiger partial charge < -0.3 is 10.1 Å². The van der Waals surface area contributed by atoms with Gasteiger partial charge in [-0.1, -0.05) is 30.3 Å². The molecule has 0 saturated carbocycles. The second-order valence-electron chi connectivity index (χ2n) is 5.96. The summed E-state index contributed by atoms with van der Waals surface area (Å²) in [5.74, 6) is 0.614. The zero-order valence-electron chi connectivity index (χ0n) is 14.8. The lowest BCUT2D eigenvalue weighted by Crippen LogP contribution is -2.24. The molecule has 1 N–H and O–H groups in total. The van der Waals surface area contributed by atoms with Gasteiger partial charge in [0, 0.05) is 18.3 Å². The molecule has 136 valence electrons. The van der Waals surface area contributed by atoms with Gasteiger partial charge in [-0.05, 0) is 54.5 Å². The van der Waals surface area contributed by atoms with E-state index in [0.29, 0.717) is 11.6 Å². The van der Waals surface area contributed by atoms with Crippen molar-refractivity contribution in [3.05, 3.63) is 95.9 Å². The van der Waals surface area contributed by atoms with E-state index in [1.165, 1.54) is 18.2 Å². The van der Waals surface area contributed by atoms with E-state index in [9.17, 15) is 9.18 Å². The Bertz CT molecular complexity index is 925. The van der Waals surface area contributed by atoms with Crippen molar-refractivity contribution in [2.24, 2.45) is 0 Å². The van der Waals surface area contributed by atoms with Crippen LogP contribution in [0.2, 0.25) is 0 Å². The number of hydrogen-bond donors (Lipinski definition) is 1. The highest BCUT2D eigenvalue weighted by atomic mass is 19.1. The maximum Gasteiger partial charge on any atom is 0.244 e. The molecule has 0 fully saturated rings. The van der Waals surface area contributed by atoms with Gasteiger partial charge in [-0.25, -0.2) is 9.37 Å². The Hall–Kier alpha value is -3.47. The fraction of sp³-hybridized carbons (Fsp3) is 0.0909. The highest BCUT2D eigenvalue weighted by Crippen LogP contribution is 2.23. The van der Waals surface area contributed by atoms with Gasteiger partial charge in [-0.2, -0.15) is 0 Å². The summed E-state index contributed by atoms with van der Waals surface area (Å²) in [6.07, 6.45) is 4.73. The van der Waals surface area contributed by atoms with Crippen LogP contribution in [0.15, 0.2) is 79.0 Å². The van der Waals surface area contributed by atoms with E-state index >= 15 is 0 Å². The topological polar surface area (TPSA) is 51.2 Å². The molecule has 3 rings (SSSR count). The Balaban J connectivity index is 1.61. The number of halogens is 1. The van der Waals surface area contributed by atoms with Crippen molar-refractivity contribution < 1.29 is 13.9 Å². The van der Waals surface area contributed by atoms with Gasteiger partial charge in [0.05, 0.1) is 6.04 Å². The van der Waals surface area contributed by atoms with Gasteiger partial charge >= 0.3 is 0 Å². The van der Waals surface area contributed by atoms with E-state index in [0.717, 1.165) is 11.1 Å². The predicted octanol–water partition coefficient (Wildman–Crippen LogP) is 4.90. The highest BCUT2D eigenvalue weighted by molar-refractivity contribution is 5.91. The molecular formula is C22H19FN2O2. The average molecular weight is 362 g/mol. The maximum atomic E-state index is 12.9. The molecule has 0 radical (unpaired) electrons. The molecule has 0 spiro atoms. The molecular weight excluding hydrogens is 343 g/mol. The molecule has 4 nitrogen and oxygen atoms in total. The SMILES string of the molecule is CC(NC(=O)/C=C/c1ccc(F)cc1)c1cccc(Oc2ccccn2)c1. The fourth-order valence-corrected chi connectivity index (χ4v) is 2.47. The Morgan fingerprint density at radius 2 is 1.93 bits per heavy atom. The summed E-state index contributed by atoms with van der Waals surface area (Å²) in [5, 5.41) is 2.90. The number of hydrogen-bond acceptors (Lipinski definition) is 3. The molecule has 1 aromatic heterocycles. The zero-order chi connectivity index (χ0) is 19.1. The van der Waals surface area contributed by atoms with Crippen LogP contribution in [-0.4, -0.2) is 10.9 Å². The molecule has 0 bridgehead atoms. The van der Waals surface area contributed by atoms with E-state index < -0.39 is 0 Å². The number of pyridine rings is 1. The summed E-state index contributed by atoms with van der Waals surface area (Å²) >= 11 is 0. The summed E-state index contributed by atoms with van der Waals surface area (Å²) in [6.45, 7) is 1.89. The second-order valence-corrected chi connectivity index (χ2v) is 5.96. The third kappa shape index (κ3) is 5.51. The first-order valence-electron chi connectivity index (χ1n) is 8.53. The van der Waals surface area contributed by atoms with Crippen LogP contribution in [0.25, 0.3) is 6.08 Å². The first-order valence-corrected chi connectivity index (χ1v) is 8.53. The van der Waals surface area contributed by atoms with Crippen molar-refractivity contribution >= 4 is 12.0 Å². The summed E-state index contributed by atoms with van der Waals surface area (Å²) < 4.78 is 18.6. The minimum atomic E-state index is -0.307. The average Bonchev–Trinajstić information content (AvgIpc) is 2.68. The molecule has 0 aliphatic carbocycles. The molecule has 5 heteroatoms. The number of ether oxygens (including phenoxy) is 1. The lowest BCUT2D eigenvalue weighted by atomic mass is 10.1. The summed E-state index contributed by atoms with van der Waals surface area (Å²) in [4.78, 5) is 16.3. The quantitative estimate of drug-likeness (QED) is 0.634. The van der Waals surface area contributed by atoms with Crippen molar-refractivity contribution in [3.8, 4) is 11.6 Å². The number of nitrogens with zero attached hydrogens (tertiary/aromatic N) is 1. The van der Waals surface area contributed by atoms with Gasteiger partial charge in [0.25, 0.3) is 0 Å². The standard InChI is InChI=1S/C22H19FN2O2/c1-16(25-21(26)13-10-17-8-11-19(23)12-9-17)18-5-4-6-20(15-18)27-22-7-2-3-14-24-22/h2-16H,1H3,(H,25,26)/b13-10+. The summed E-state index contributed by atoms with van der Waals surface area (Å²) in [5.41, 5.74) is 1.66. The van der Waals surface area contributed by atoms with Crippen LogP contribution in [0.5, 0.6) is 11.6 Å². The lowest BCUT2D eigenvalue weighted by Gasteiger charge is -2.14. The van der Waals surface area contributed by atoms with Crippen molar-refractivity contribution in [2.75, 3.05) is 0 Å². The van der Waals surface area contributed by atoms with Crippen LogP contribution in [-0.2, 0) is 4.79 Å². The van der Waals surface area contributed by atoms with Gasteiger partial charge in [0.1, 0.15) is 11.6 Å². The van der Waals surface area contributed by atoms with E-state index in [1.54, 1.807) is 30.5 Å². The van der Waals surface area contributed by atoms with E-state index in [1.807, 2.05) is 43.3 Å². The number of aromatic nitrogens is 1. The van der Waals surface area contributed by atoms with Crippen molar-refractivity contribution in [1.82, 2.24) is 10.3 Å². The number of benzene rings is 2. The van der Waals surface area contributed by atoms with Crippen LogP contribution in [0.4, 0.5) is 4.39 Å². The Labute approximate surface area is 157 Å². The Morgan fingerprint density at radius 1 is 1.11 bits per heavy atom. The second kappa shape index (κ2) is 8.76.